The molecule has 0 saturated carbocycles. The highest BCUT2D eigenvalue weighted by molar-refractivity contribution is 14.0. The molecule has 0 aliphatic carbocycles. The molecule has 2 aromatic carbocycles. The Balaban J connectivity index is 0.00000420. The van der Waals surface area contributed by atoms with Crippen molar-refractivity contribution >= 4 is 35.8 Å². The summed E-state index contributed by atoms with van der Waals surface area (Å²) in [7, 11) is 1.63. The van der Waals surface area contributed by atoms with E-state index in [1.54, 1.807) is 13.1 Å². The molecule has 1 atom stereocenters. The maximum atomic E-state index is 11.7. The number of aliphatic imine (C=N–C) groups is 1. The van der Waals surface area contributed by atoms with Gasteiger partial charge in [0, 0.05) is 32.1 Å². The van der Waals surface area contributed by atoms with Gasteiger partial charge in [-0.1, -0.05) is 42.5 Å². The minimum Gasteiger partial charge on any atom is -0.391 e. The van der Waals surface area contributed by atoms with E-state index in [-0.39, 0.29) is 29.9 Å². The van der Waals surface area contributed by atoms with Gasteiger partial charge in [-0.2, -0.15) is 0 Å². The molecule has 0 aliphatic rings. The lowest BCUT2D eigenvalue weighted by atomic mass is 10.1. The molecule has 0 radical (unpaired) electrons. The van der Waals surface area contributed by atoms with Gasteiger partial charge in [-0.3, -0.25) is 9.79 Å². The van der Waals surface area contributed by atoms with Gasteiger partial charge in [0.2, 0.25) is 0 Å². The van der Waals surface area contributed by atoms with Gasteiger partial charge >= 0.3 is 0 Å². The summed E-state index contributed by atoms with van der Waals surface area (Å²) < 4.78 is 0. The van der Waals surface area contributed by atoms with Gasteiger partial charge in [-0.15, -0.1) is 24.0 Å². The molecule has 2 aromatic rings. The minimum absolute atomic E-state index is 0. The number of carbonyl (C=O) groups is 1. The van der Waals surface area contributed by atoms with E-state index < -0.39 is 6.10 Å². The zero-order valence-electron chi connectivity index (χ0n) is 17.0. The molecular formula is C22H31IN4O2. The third-order valence-corrected chi connectivity index (χ3v) is 4.24. The Morgan fingerprint density at radius 1 is 1.07 bits per heavy atom. The number of nitrogens with zero attached hydrogens (tertiary/aromatic N) is 1. The normalized spacial score (nSPS) is 11.9. The molecule has 158 valence electrons. The van der Waals surface area contributed by atoms with E-state index in [0.29, 0.717) is 31.0 Å². The van der Waals surface area contributed by atoms with E-state index in [9.17, 15) is 9.90 Å². The molecule has 0 spiro atoms. The number of amides is 1. The van der Waals surface area contributed by atoms with Crippen LogP contribution < -0.4 is 16.0 Å². The smallest absolute Gasteiger partial charge is 0.251 e. The lowest BCUT2D eigenvalue weighted by Gasteiger charge is -2.13. The van der Waals surface area contributed by atoms with Gasteiger partial charge in [-0.25, -0.2) is 0 Å². The van der Waals surface area contributed by atoms with Gasteiger partial charge in [0.25, 0.3) is 5.91 Å². The molecule has 4 N–H and O–H groups in total. The number of hydrogen-bond acceptors (Lipinski definition) is 3. The molecule has 7 heteroatoms. The molecule has 0 aromatic heterocycles. The first kappa shape index (κ1) is 24.9. The summed E-state index contributed by atoms with van der Waals surface area (Å²) in [6.07, 6.45) is 0.819. The van der Waals surface area contributed by atoms with E-state index in [1.165, 1.54) is 0 Å². The number of nitrogens with one attached hydrogen (secondary N) is 3. The predicted molar refractivity (Wildman–Crippen MR) is 129 cm³/mol. The third-order valence-electron chi connectivity index (χ3n) is 4.24. The molecule has 0 heterocycles. The minimum atomic E-state index is -0.526. The highest BCUT2D eigenvalue weighted by Gasteiger charge is 2.07. The molecule has 29 heavy (non-hydrogen) atoms. The van der Waals surface area contributed by atoms with Crippen LogP contribution in [0.4, 0.5) is 0 Å². The highest BCUT2D eigenvalue weighted by Crippen LogP contribution is 2.06. The van der Waals surface area contributed by atoms with Crippen molar-refractivity contribution in [3.05, 3.63) is 71.3 Å². The lowest BCUT2D eigenvalue weighted by molar-refractivity contribution is 0.0963. The van der Waals surface area contributed by atoms with Crippen molar-refractivity contribution in [3.8, 4) is 0 Å². The summed E-state index contributed by atoms with van der Waals surface area (Å²) in [4.78, 5) is 16.2. The van der Waals surface area contributed by atoms with Gasteiger partial charge < -0.3 is 21.1 Å². The fourth-order valence-corrected chi connectivity index (χ4v) is 2.83. The van der Waals surface area contributed by atoms with E-state index >= 15 is 0 Å². The summed E-state index contributed by atoms with van der Waals surface area (Å²) in [6, 6.07) is 17.5. The van der Waals surface area contributed by atoms with Crippen LogP contribution in [-0.2, 0) is 12.8 Å². The van der Waals surface area contributed by atoms with Crippen LogP contribution in [0.2, 0.25) is 0 Å². The van der Waals surface area contributed by atoms with Crippen LogP contribution in [0, 0.1) is 0 Å². The fraction of sp³-hybridized carbons (Fsp3) is 0.364. The maximum Gasteiger partial charge on any atom is 0.251 e. The lowest BCUT2D eigenvalue weighted by Crippen LogP contribution is -2.39. The number of aliphatic hydroxyl groups is 1. The molecule has 0 fully saturated rings. The largest absolute Gasteiger partial charge is 0.391 e. The standard InChI is InChI=1S/C22H30N4O2.HI/c1-3-24-22(26-16-20(27)15-17-8-5-4-6-9-17)25-13-12-18-10-7-11-19(14-18)21(28)23-2;/h4-11,14,20,27H,3,12-13,15-16H2,1-2H3,(H,23,28)(H2,24,25,26);1H. The Morgan fingerprint density at radius 3 is 2.48 bits per heavy atom. The van der Waals surface area contributed by atoms with Crippen LogP contribution in [0.25, 0.3) is 0 Å². The Bertz CT molecular complexity index is 768. The van der Waals surface area contributed by atoms with Crippen molar-refractivity contribution in [1.29, 1.82) is 0 Å². The molecule has 0 saturated heterocycles. The molecule has 1 amide bonds. The second kappa shape index (κ2) is 13.9. The quantitative estimate of drug-likeness (QED) is 0.237. The SMILES string of the molecule is CCNC(=NCC(O)Cc1ccccc1)NCCc1cccc(C(=O)NC)c1.I. The third kappa shape index (κ3) is 9.27. The number of benzene rings is 2. The van der Waals surface area contributed by atoms with Crippen LogP contribution in [0.15, 0.2) is 59.6 Å². The molecule has 0 aliphatic heterocycles. The average molecular weight is 510 g/mol. The van der Waals surface area contributed by atoms with Crippen LogP contribution in [0.5, 0.6) is 0 Å². The number of aliphatic hydroxyl groups excluding tert-OH is 1. The number of halogens is 1. The summed E-state index contributed by atoms with van der Waals surface area (Å²) in [5, 5.41) is 19.3. The Morgan fingerprint density at radius 2 is 1.79 bits per heavy atom. The van der Waals surface area contributed by atoms with Gasteiger partial charge in [0.05, 0.1) is 12.6 Å². The monoisotopic (exact) mass is 510 g/mol. The number of rotatable bonds is 9. The van der Waals surface area contributed by atoms with Crippen LogP contribution >= 0.6 is 24.0 Å². The number of guanidine groups is 1. The zero-order valence-corrected chi connectivity index (χ0v) is 19.4. The summed E-state index contributed by atoms with van der Waals surface area (Å²) in [5.74, 6) is 0.592. The first-order chi connectivity index (χ1) is 13.6. The number of hydrogen-bond donors (Lipinski definition) is 4. The van der Waals surface area contributed by atoms with Crippen LogP contribution in [0.3, 0.4) is 0 Å². The van der Waals surface area contributed by atoms with Crippen molar-refractivity contribution in [1.82, 2.24) is 16.0 Å². The van der Waals surface area contributed by atoms with Crippen molar-refractivity contribution in [2.24, 2.45) is 4.99 Å². The average Bonchev–Trinajstić information content (AvgIpc) is 2.72. The van der Waals surface area contributed by atoms with E-state index in [2.05, 4.69) is 20.9 Å². The first-order valence-electron chi connectivity index (χ1n) is 9.67. The van der Waals surface area contributed by atoms with Gasteiger partial charge in [0.15, 0.2) is 5.96 Å². The van der Waals surface area contributed by atoms with E-state index in [0.717, 1.165) is 24.1 Å². The zero-order chi connectivity index (χ0) is 20.2. The molecule has 2 rings (SSSR count). The number of carbonyl (C=O) groups excluding carboxylic acids is 1. The maximum absolute atomic E-state index is 11.7. The summed E-state index contributed by atoms with van der Waals surface area (Å²) >= 11 is 0. The van der Waals surface area contributed by atoms with E-state index in [1.807, 2.05) is 55.5 Å². The van der Waals surface area contributed by atoms with Crippen LogP contribution in [-0.4, -0.2) is 49.8 Å². The second-order valence-electron chi connectivity index (χ2n) is 6.52. The first-order valence-corrected chi connectivity index (χ1v) is 9.67. The van der Waals surface area contributed by atoms with Crippen LogP contribution in [0.1, 0.15) is 28.4 Å². The van der Waals surface area contributed by atoms with Crippen molar-refractivity contribution < 1.29 is 9.90 Å². The molecule has 0 bridgehead atoms. The Hall–Kier alpha value is -2.13. The highest BCUT2D eigenvalue weighted by atomic mass is 127. The van der Waals surface area contributed by atoms with E-state index in [4.69, 9.17) is 0 Å². The van der Waals surface area contributed by atoms with Gasteiger partial charge in [-0.05, 0) is 36.6 Å². The van der Waals surface area contributed by atoms with Gasteiger partial charge in [0.1, 0.15) is 0 Å². The van der Waals surface area contributed by atoms with Crippen molar-refractivity contribution in [3.63, 3.8) is 0 Å². The second-order valence-corrected chi connectivity index (χ2v) is 6.52. The predicted octanol–water partition coefficient (Wildman–Crippen LogP) is 2.37. The van der Waals surface area contributed by atoms with Crippen molar-refractivity contribution in [2.45, 2.75) is 25.9 Å². The topological polar surface area (TPSA) is 85.8 Å². The molecule has 6 nitrogen and oxygen atoms in total. The Kier molecular flexibility index (Phi) is 12.0. The Labute approximate surface area is 190 Å². The molecule has 1 unspecified atom stereocenters. The summed E-state index contributed by atoms with van der Waals surface area (Å²) in [6.45, 7) is 3.76. The molecular weight excluding hydrogens is 479 g/mol. The summed E-state index contributed by atoms with van der Waals surface area (Å²) in [5.41, 5.74) is 2.83. The van der Waals surface area contributed by atoms with Crippen molar-refractivity contribution in [2.75, 3.05) is 26.7 Å². The fourth-order valence-electron chi connectivity index (χ4n) is 2.83.